The zero-order valence-corrected chi connectivity index (χ0v) is 12.8. The van der Waals surface area contributed by atoms with Crippen LogP contribution in [0.2, 0.25) is 0 Å². The van der Waals surface area contributed by atoms with Crippen molar-refractivity contribution in [2.24, 2.45) is 0 Å². The molecule has 0 heterocycles. The van der Waals surface area contributed by atoms with E-state index >= 15 is 4.39 Å². The van der Waals surface area contributed by atoms with Crippen molar-refractivity contribution >= 4 is 22.5 Å². The second-order valence-electron chi connectivity index (χ2n) is 4.79. The van der Waals surface area contributed by atoms with Crippen molar-refractivity contribution in [3.05, 3.63) is 102 Å². The summed E-state index contributed by atoms with van der Waals surface area (Å²) in [5.74, 6) is -0.194. The third-order valence-corrected chi connectivity index (χ3v) is 4.35. The van der Waals surface area contributed by atoms with Gasteiger partial charge >= 0.3 is 0 Å². The van der Waals surface area contributed by atoms with Gasteiger partial charge in [0, 0.05) is 10.5 Å². The Bertz CT molecular complexity index is 749. The van der Waals surface area contributed by atoms with Gasteiger partial charge < -0.3 is 0 Å². The highest BCUT2D eigenvalue weighted by Crippen LogP contribution is 2.40. The maximum atomic E-state index is 15.0. The molecule has 3 aromatic rings. The molecular formula is C20H15FS. The van der Waals surface area contributed by atoms with E-state index in [1.165, 1.54) is 11.8 Å². The lowest BCUT2D eigenvalue weighted by Crippen LogP contribution is -1.86. The first-order chi connectivity index (χ1) is 10.8. The van der Waals surface area contributed by atoms with Crippen LogP contribution in [0.1, 0.15) is 11.1 Å². The molecule has 108 valence electrons. The molecule has 0 saturated carbocycles. The Labute approximate surface area is 134 Å². The minimum Gasteiger partial charge on any atom is -0.205 e. The predicted molar refractivity (Wildman–Crippen MR) is 93.1 cm³/mol. The van der Waals surface area contributed by atoms with Crippen molar-refractivity contribution in [2.75, 3.05) is 0 Å². The van der Waals surface area contributed by atoms with Gasteiger partial charge in [-0.15, -0.1) is 0 Å². The number of halogens is 1. The average molecular weight is 306 g/mol. The summed E-state index contributed by atoms with van der Waals surface area (Å²) in [6.45, 7) is 0. The molecule has 3 rings (SSSR count). The molecule has 0 spiro atoms. The molecule has 0 nitrogen and oxygen atoms in total. The fourth-order valence-electron chi connectivity index (χ4n) is 2.14. The van der Waals surface area contributed by atoms with Crippen LogP contribution in [0.5, 0.6) is 0 Å². The molecule has 0 aliphatic heterocycles. The lowest BCUT2D eigenvalue weighted by Gasteiger charge is -2.10. The standard InChI is InChI=1S/C20H15FS/c21-19(16-10-4-1-5-11-16)20(17-12-6-2-7-13-17)22-18-14-8-3-9-15-18/h1-15H/b20-19+. The smallest absolute Gasteiger partial charge is 0.144 e. The lowest BCUT2D eigenvalue weighted by atomic mass is 10.1. The Morgan fingerprint density at radius 2 is 1.05 bits per heavy atom. The van der Waals surface area contributed by atoms with E-state index in [0.717, 1.165) is 10.5 Å². The normalized spacial score (nSPS) is 11.9. The maximum absolute atomic E-state index is 15.0. The molecule has 0 saturated heterocycles. The molecule has 0 aliphatic carbocycles. The Morgan fingerprint density at radius 3 is 1.59 bits per heavy atom. The van der Waals surface area contributed by atoms with E-state index in [1.54, 1.807) is 12.1 Å². The average Bonchev–Trinajstić information content (AvgIpc) is 2.61. The van der Waals surface area contributed by atoms with Crippen molar-refractivity contribution in [1.82, 2.24) is 0 Å². The Morgan fingerprint density at radius 1 is 0.591 bits per heavy atom. The summed E-state index contributed by atoms with van der Waals surface area (Å²) in [4.78, 5) is 1.66. The van der Waals surface area contributed by atoms with Crippen molar-refractivity contribution < 1.29 is 4.39 Å². The number of rotatable bonds is 4. The second kappa shape index (κ2) is 7.10. The van der Waals surface area contributed by atoms with Crippen LogP contribution in [0.25, 0.3) is 10.7 Å². The number of hydrogen-bond donors (Lipinski definition) is 0. The number of thioether (sulfide) groups is 1. The van der Waals surface area contributed by atoms with Gasteiger partial charge in [0.2, 0.25) is 0 Å². The minimum absolute atomic E-state index is 0.194. The number of benzene rings is 3. The van der Waals surface area contributed by atoms with Crippen molar-refractivity contribution in [1.29, 1.82) is 0 Å². The van der Waals surface area contributed by atoms with Gasteiger partial charge in [-0.25, -0.2) is 4.39 Å². The first-order valence-electron chi connectivity index (χ1n) is 7.08. The lowest BCUT2D eigenvalue weighted by molar-refractivity contribution is 0.764. The quantitative estimate of drug-likeness (QED) is 0.404. The topological polar surface area (TPSA) is 0 Å². The second-order valence-corrected chi connectivity index (χ2v) is 5.87. The molecule has 0 fully saturated rings. The van der Waals surface area contributed by atoms with Crippen molar-refractivity contribution in [3.63, 3.8) is 0 Å². The first kappa shape index (κ1) is 14.6. The van der Waals surface area contributed by atoms with E-state index < -0.39 is 0 Å². The van der Waals surface area contributed by atoms with E-state index in [1.807, 2.05) is 78.9 Å². The van der Waals surface area contributed by atoms with E-state index in [9.17, 15) is 0 Å². The molecule has 0 radical (unpaired) electrons. The van der Waals surface area contributed by atoms with Crippen LogP contribution >= 0.6 is 11.8 Å². The van der Waals surface area contributed by atoms with Crippen LogP contribution in [0.4, 0.5) is 4.39 Å². The maximum Gasteiger partial charge on any atom is 0.144 e. The number of hydrogen-bond acceptors (Lipinski definition) is 1. The van der Waals surface area contributed by atoms with E-state index in [-0.39, 0.29) is 5.83 Å². The zero-order valence-electron chi connectivity index (χ0n) is 11.9. The van der Waals surface area contributed by atoms with Gasteiger partial charge in [0.15, 0.2) is 0 Å². The van der Waals surface area contributed by atoms with Gasteiger partial charge in [0.25, 0.3) is 0 Å². The molecule has 3 aromatic carbocycles. The summed E-state index contributed by atoms with van der Waals surface area (Å²) in [7, 11) is 0. The molecule has 0 amide bonds. The Balaban J connectivity index is 2.07. The van der Waals surface area contributed by atoms with Gasteiger partial charge in [0.1, 0.15) is 5.83 Å². The zero-order chi connectivity index (χ0) is 15.2. The van der Waals surface area contributed by atoms with Crippen LogP contribution in [-0.4, -0.2) is 0 Å². The highest BCUT2D eigenvalue weighted by atomic mass is 32.2. The minimum atomic E-state index is -0.194. The summed E-state index contributed by atoms with van der Waals surface area (Å²) >= 11 is 1.45. The molecule has 0 N–H and O–H groups in total. The molecule has 0 aliphatic rings. The Kier molecular flexibility index (Phi) is 4.71. The highest BCUT2D eigenvalue weighted by molar-refractivity contribution is 8.08. The summed E-state index contributed by atoms with van der Waals surface area (Å²) in [5, 5.41) is 0. The molecule has 0 unspecified atom stereocenters. The third-order valence-electron chi connectivity index (χ3n) is 3.23. The largest absolute Gasteiger partial charge is 0.205 e. The van der Waals surface area contributed by atoms with E-state index in [2.05, 4.69) is 0 Å². The fourth-order valence-corrected chi connectivity index (χ4v) is 3.13. The van der Waals surface area contributed by atoms with E-state index in [0.29, 0.717) is 10.5 Å². The van der Waals surface area contributed by atoms with Gasteiger partial charge in [-0.1, -0.05) is 90.6 Å². The van der Waals surface area contributed by atoms with Crippen molar-refractivity contribution in [3.8, 4) is 0 Å². The van der Waals surface area contributed by atoms with Crippen LogP contribution in [0.3, 0.4) is 0 Å². The predicted octanol–water partition coefficient (Wildman–Crippen LogP) is 6.27. The summed E-state index contributed by atoms with van der Waals surface area (Å²) in [5.41, 5.74) is 1.49. The van der Waals surface area contributed by atoms with Gasteiger partial charge in [-0.3, -0.25) is 0 Å². The fraction of sp³-hybridized carbons (Fsp3) is 0. The molecule has 2 heteroatoms. The molecule has 0 bridgehead atoms. The van der Waals surface area contributed by atoms with Crippen molar-refractivity contribution in [2.45, 2.75) is 4.90 Å². The van der Waals surface area contributed by atoms with Gasteiger partial charge in [-0.05, 0) is 17.7 Å². The molecule has 0 aromatic heterocycles. The summed E-state index contributed by atoms with van der Waals surface area (Å²) < 4.78 is 15.0. The van der Waals surface area contributed by atoms with Crippen LogP contribution in [-0.2, 0) is 0 Å². The van der Waals surface area contributed by atoms with E-state index in [4.69, 9.17) is 0 Å². The SMILES string of the molecule is F/C(=C(/Sc1ccccc1)c1ccccc1)c1ccccc1. The summed E-state index contributed by atoms with van der Waals surface area (Å²) in [6.07, 6.45) is 0. The third kappa shape index (κ3) is 3.46. The molecule has 22 heavy (non-hydrogen) atoms. The Hall–Kier alpha value is -2.32. The van der Waals surface area contributed by atoms with Gasteiger partial charge in [0.05, 0.1) is 4.91 Å². The highest BCUT2D eigenvalue weighted by Gasteiger charge is 2.13. The molecule has 0 atom stereocenters. The van der Waals surface area contributed by atoms with Crippen LogP contribution in [0, 0.1) is 0 Å². The van der Waals surface area contributed by atoms with Crippen LogP contribution < -0.4 is 0 Å². The van der Waals surface area contributed by atoms with Crippen LogP contribution in [0.15, 0.2) is 95.9 Å². The van der Waals surface area contributed by atoms with Gasteiger partial charge in [-0.2, -0.15) is 0 Å². The monoisotopic (exact) mass is 306 g/mol. The summed E-state index contributed by atoms with van der Waals surface area (Å²) in [6, 6.07) is 28.7. The molecular weight excluding hydrogens is 291 g/mol. The first-order valence-corrected chi connectivity index (χ1v) is 7.90.